The van der Waals surface area contributed by atoms with Crippen LogP contribution in [-0.4, -0.2) is 21.6 Å². The first-order valence-corrected chi connectivity index (χ1v) is 6.90. The van der Waals surface area contributed by atoms with Gasteiger partial charge in [0.25, 0.3) is 5.91 Å². The van der Waals surface area contributed by atoms with Crippen LogP contribution in [0.5, 0.6) is 0 Å². The van der Waals surface area contributed by atoms with E-state index in [-0.39, 0.29) is 27.8 Å². The Bertz CT molecular complexity index is 733. The molecule has 9 heteroatoms. The number of carbonyl (C=O) groups is 2. The predicted molar refractivity (Wildman–Crippen MR) is 80.4 cm³/mol. The molecular formula is C13H11Cl2FN4O2. The number of aromatic nitrogens is 2. The summed E-state index contributed by atoms with van der Waals surface area (Å²) < 4.78 is 14.9. The summed E-state index contributed by atoms with van der Waals surface area (Å²) in [6, 6.07) is 3.63. The number of rotatable bonds is 5. The molecule has 0 saturated heterocycles. The van der Waals surface area contributed by atoms with Crippen molar-refractivity contribution in [3.05, 3.63) is 45.8 Å². The minimum Gasteiger partial charge on any atom is -0.370 e. The zero-order chi connectivity index (χ0) is 16.3. The molecule has 1 heterocycles. The molecule has 0 bridgehead atoms. The lowest BCUT2D eigenvalue weighted by Gasteiger charge is -2.05. The number of benzene rings is 1. The predicted octanol–water partition coefficient (Wildman–Crippen LogP) is 2.46. The van der Waals surface area contributed by atoms with Crippen molar-refractivity contribution in [2.45, 2.75) is 13.0 Å². The average molecular weight is 345 g/mol. The maximum absolute atomic E-state index is 13.4. The van der Waals surface area contributed by atoms with Gasteiger partial charge in [-0.05, 0) is 12.1 Å². The van der Waals surface area contributed by atoms with Crippen molar-refractivity contribution in [2.75, 3.05) is 5.32 Å². The Balaban J connectivity index is 2.09. The van der Waals surface area contributed by atoms with Gasteiger partial charge in [-0.3, -0.25) is 14.3 Å². The Hall–Kier alpha value is -2.12. The van der Waals surface area contributed by atoms with E-state index >= 15 is 0 Å². The van der Waals surface area contributed by atoms with Crippen molar-refractivity contribution in [2.24, 2.45) is 5.73 Å². The largest absolute Gasteiger partial charge is 0.370 e. The minimum absolute atomic E-state index is 0.0251. The summed E-state index contributed by atoms with van der Waals surface area (Å²) in [7, 11) is 0. The number of nitrogens with one attached hydrogen (secondary N) is 1. The molecule has 0 aliphatic heterocycles. The maximum Gasteiger partial charge on any atom is 0.258 e. The molecule has 1 aromatic carbocycles. The Kier molecular flexibility index (Phi) is 4.99. The second-order valence-electron chi connectivity index (χ2n) is 4.38. The first-order valence-electron chi connectivity index (χ1n) is 6.14. The Morgan fingerprint density at radius 3 is 2.73 bits per heavy atom. The average Bonchev–Trinajstić information content (AvgIpc) is 2.88. The highest BCUT2D eigenvalue weighted by molar-refractivity contribution is 6.37. The molecule has 0 aliphatic carbocycles. The molecule has 2 amide bonds. The number of anilines is 1. The lowest BCUT2D eigenvalue weighted by molar-refractivity contribution is -0.118. The van der Waals surface area contributed by atoms with E-state index in [4.69, 9.17) is 28.9 Å². The van der Waals surface area contributed by atoms with Crippen molar-refractivity contribution < 1.29 is 14.0 Å². The number of hydrogen-bond donors (Lipinski definition) is 2. The molecule has 0 aliphatic rings. The first kappa shape index (κ1) is 16.3. The third kappa shape index (κ3) is 3.96. The van der Waals surface area contributed by atoms with Gasteiger partial charge >= 0.3 is 0 Å². The first-order chi connectivity index (χ1) is 10.4. The third-order valence-corrected chi connectivity index (χ3v) is 3.33. The fourth-order valence-electron chi connectivity index (χ4n) is 1.66. The van der Waals surface area contributed by atoms with Crippen LogP contribution < -0.4 is 11.1 Å². The molecule has 0 unspecified atom stereocenters. The second kappa shape index (κ2) is 6.76. The minimum atomic E-state index is -0.747. The fraction of sp³-hybridized carbons (Fsp3) is 0.154. The Morgan fingerprint density at radius 2 is 2.05 bits per heavy atom. The monoisotopic (exact) mass is 344 g/mol. The van der Waals surface area contributed by atoms with Crippen LogP contribution in [0.2, 0.25) is 10.0 Å². The van der Waals surface area contributed by atoms with Crippen molar-refractivity contribution in [3.63, 3.8) is 0 Å². The van der Waals surface area contributed by atoms with Gasteiger partial charge in [0, 0.05) is 25.2 Å². The smallest absolute Gasteiger partial charge is 0.258 e. The molecule has 2 rings (SSSR count). The summed E-state index contributed by atoms with van der Waals surface area (Å²) in [4.78, 5) is 22.7. The van der Waals surface area contributed by atoms with Crippen LogP contribution in [0.4, 0.5) is 10.2 Å². The molecule has 2 aromatic rings. The molecule has 1 aromatic heterocycles. The van der Waals surface area contributed by atoms with E-state index in [0.29, 0.717) is 6.54 Å². The van der Waals surface area contributed by atoms with Gasteiger partial charge in [-0.2, -0.15) is 5.10 Å². The van der Waals surface area contributed by atoms with Crippen LogP contribution in [0.15, 0.2) is 24.4 Å². The fourth-order valence-corrected chi connectivity index (χ4v) is 2.13. The van der Waals surface area contributed by atoms with Crippen LogP contribution in [0.3, 0.4) is 0 Å². The SMILES string of the molecule is NC(=O)CCn1ccc(NC(=O)c2cc(F)c(Cl)cc2Cl)n1. The van der Waals surface area contributed by atoms with E-state index in [2.05, 4.69) is 10.4 Å². The number of hydrogen-bond acceptors (Lipinski definition) is 3. The summed E-state index contributed by atoms with van der Waals surface area (Å²) in [5.41, 5.74) is 4.98. The van der Waals surface area contributed by atoms with Crippen molar-refractivity contribution in [3.8, 4) is 0 Å². The topological polar surface area (TPSA) is 90.0 Å². The number of aryl methyl sites for hydroxylation is 1. The lowest BCUT2D eigenvalue weighted by atomic mass is 10.2. The van der Waals surface area contributed by atoms with E-state index in [0.717, 1.165) is 12.1 Å². The summed E-state index contributed by atoms with van der Waals surface area (Å²) in [5, 5.41) is 6.36. The molecular weight excluding hydrogens is 334 g/mol. The van der Waals surface area contributed by atoms with Crippen molar-refractivity contribution in [1.29, 1.82) is 0 Å². The quantitative estimate of drug-likeness (QED) is 0.816. The van der Waals surface area contributed by atoms with Gasteiger partial charge in [0.1, 0.15) is 5.82 Å². The number of primary amides is 1. The van der Waals surface area contributed by atoms with Crippen molar-refractivity contribution in [1.82, 2.24) is 9.78 Å². The zero-order valence-corrected chi connectivity index (χ0v) is 12.7. The summed E-state index contributed by atoms with van der Waals surface area (Å²) in [6.07, 6.45) is 1.70. The van der Waals surface area contributed by atoms with Gasteiger partial charge in [0.05, 0.1) is 15.6 Å². The standard InChI is InChI=1S/C13H11Cl2FN4O2/c14-8-6-9(15)10(16)5-7(8)13(22)18-12-2-4-20(19-12)3-1-11(17)21/h2,4-6H,1,3H2,(H2,17,21)(H,18,19,22). The molecule has 0 atom stereocenters. The van der Waals surface area contributed by atoms with Gasteiger partial charge in [-0.25, -0.2) is 4.39 Å². The third-order valence-electron chi connectivity index (χ3n) is 2.72. The highest BCUT2D eigenvalue weighted by Crippen LogP contribution is 2.24. The molecule has 0 radical (unpaired) electrons. The number of nitrogens with zero attached hydrogens (tertiary/aromatic N) is 2. The molecule has 0 spiro atoms. The number of carbonyl (C=O) groups excluding carboxylic acids is 2. The molecule has 0 saturated carbocycles. The van der Waals surface area contributed by atoms with Crippen molar-refractivity contribution >= 4 is 40.8 Å². The van der Waals surface area contributed by atoms with E-state index in [9.17, 15) is 14.0 Å². The van der Waals surface area contributed by atoms with Crippen LogP contribution in [0, 0.1) is 5.82 Å². The molecule has 6 nitrogen and oxygen atoms in total. The van der Waals surface area contributed by atoms with Crippen LogP contribution in [-0.2, 0) is 11.3 Å². The van der Waals surface area contributed by atoms with Gasteiger partial charge in [-0.1, -0.05) is 23.2 Å². The molecule has 116 valence electrons. The highest BCUT2D eigenvalue weighted by Gasteiger charge is 2.15. The van der Waals surface area contributed by atoms with E-state index < -0.39 is 17.6 Å². The van der Waals surface area contributed by atoms with Crippen LogP contribution >= 0.6 is 23.2 Å². The Morgan fingerprint density at radius 1 is 1.32 bits per heavy atom. The second-order valence-corrected chi connectivity index (χ2v) is 5.20. The normalized spacial score (nSPS) is 10.5. The lowest BCUT2D eigenvalue weighted by Crippen LogP contribution is -2.15. The van der Waals surface area contributed by atoms with Gasteiger partial charge < -0.3 is 11.1 Å². The number of nitrogens with two attached hydrogens (primary N) is 1. The van der Waals surface area contributed by atoms with E-state index in [1.807, 2.05) is 0 Å². The van der Waals surface area contributed by atoms with Gasteiger partial charge in [-0.15, -0.1) is 0 Å². The van der Waals surface area contributed by atoms with Crippen LogP contribution in [0.1, 0.15) is 16.8 Å². The highest BCUT2D eigenvalue weighted by atomic mass is 35.5. The molecule has 3 N–H and O–H groups in total. The summed E-state index contributed by atoms with van der Waals surface area (Å²) in [6.45, 7) is 0.293. The molecule has 22 heavy (non-hydrogen) atoms. The zero-order valence-electron chi connectivity index (χ0n) is 11.1. The summed E-state index contributed by atoms with van der Waals surface area (Å²) in [5.74, 6) is -1.59. The Labute approximate surface area is 135 Å². The number of amides is 2. The maximum atomic E-state index is 13.4. The van der Waals surface area contributed by atoms with Crippen LogP contribution in [0.25, 0.3) is 0 Å². The number of halogens is 3. The van der Waals surface area contributed by atoms with E-state index in [1.165, 1.54) is 10.7 Å². The summed E-state index contributed by atoms with van der Waals surface area (Å²) >= 11 is 11.4. The molecule has 0 fully saturated rings. The van der Waals surface area contributed by atoms with E-state index in [1.54, 1.807) is 6.20 Å². The van der Waals surface area contributed by atoms with Gasteiger partial charge in [0.15, 0.2) is 5.82 Å². The van der Waals surface area contributed by atoms with Gasteiger partial charge in [0.2, 0.25) is 5.91 Å².